The van der Waals surface area contributed by atoms with E-state index in [1.54, 1.807) is 25.2 Å². The van der Waals surface area contributed by atoms with Crippen LogP contribution >= 0.6 is 0 Å². The van der Waals surface area contributed by atoms with E-state index in [1.165, 1.54) is 17.1 Å². The van der Waals surface area contributed by atoms with Crippen molar-refractivity contribution in [3.05, 3.63) is 51.7 Å². The first-order valence-corrected chi connectivity index (χ1v) is 13.8. The Morgan fingerprint density at radius 2 is 1.75 bits per heavy atom. The average molecular weight is 543 g/mol. The Morgan fingerprint density at radius 1 is 1.05 bits per heavy atom. The molecule has 1 aliphatic heterocycles. The predicted octanol–water partition coefficient (Wildman–Crippen LogP) is 4.60. The number of hydrogen-bond acceptors (Lipinski definition) is 8. The molecular formula is C30H31FN6O3. The molecule has 2 aliphatic carbocycles. The van der Waals surface area contributed by atoms with Crippen LogP contribution in [0.5, 0.6) is 11.5 Å². The van der Waals surface area contributed by atoms with E-state index in [-0.39, 0.29) is 41.5 Å². The van der Waals surface area contributed by atoms with Crippen LogP contribution in [0.25, 0.3) is 11.0 Å². The van der Waals surface area contributed by atoms with Crippen molar-refractivity contribution in [2.75, 3.05) is 30.2 Å². The minimum Gasteiger partial charge on any atom is -0.454 e. The minimum atomic E-state index is -0.387. The fourth-order valence-electron chi connectivity index (χ4n) is 6.36. The summed E-state index contributed by atoms with van der Waals surface area (Å²) in [6.45, 7) is 0.908. The van der Waals surface area contributed by atoms with Crippen LogP contribution < -0.4 is 24.8 Å². The molecule has 2 fully saturated rings. The first-order valence-electron chi connectivity index (χ1n) is 13.8. The van der Waals surface area contributed by atoms with Gasteiger partial charge in [0.05, 0.1) is 16.9 Å². The Kier molecular flexibility index (Phi) is 6.71. The zero-order valence-electron chi connectivity index (χ0n) is 22.7. The highest BCUT2D eigenvalue weighted by molar-refractivity contribution is 5.92. The predicted molar refractivity (Wildman–Crippen MR) is 148 cm³/mol. The van der Waals surface area contributed by atoms with Crippen LogP contribution in [-0.4, -0.2) is 42.0 Å². The molecule has 0 radical (unpaired) electrons. The Hall–Kier alpha value is -4.31. The van der Waals surface area contributed by atoms with Gasteiger partial charge in [-0.05, 0) is 56.6 Å². The van der Waals surface area contributed by atoms with E-state index >= 15 is 4.39 Å². The molecule has 206 valence electrons. The molecule has 0 saturated heterocycles. The highest BCUT2D eigenvalue weighted by atomic mass is 19.1. The highest BCUT2D eigenvalue weighted by Crippen LogP contribution is 2.42. The number of nitrogens with zero attached hydrogens (tertiary/aromatic N) is 6. The van der Waals surface area contributed by atoms with E-state index in [1.807, 2.05) is 11.9 Å². The summed E-state index contributed by atoms with van der Waals surface area (Å²) < 4.78 is 27.7. The van der Waals surface area contributed by atoms with Gasteiger partial charge in [-0.2, -0.15) is 10.5 Å². The lowest BCUT2D eigenvalue weighted by molar-refractivity contribution is 0.174. The lowest BCUT2D eigenvalue weighted by atomic mass is 9.83. The lowest BCUT2D eigenvalue weighted by Crippen LogP contribution is -2.46. The lowest BCUT2D eigenvalue weighted by Gasteiger charge is -2.44. The maximum atomic E-state index is 15.3. The van der Waals surface area contributed by atoms with Crippen molar-refractivity contribution in [1.82, 2.24) is 9.55 Å². The molecule has 6 rings (SSSR count). The summed E-state index contributed by atoms with van der Waals surface area (Å²) in [7, 11) is 3.50. The van der Waals surface area contributed by atoms with E-state index in [2.05, 4.69) is 22.0 Å². The Morgan fingerprint density at radius 3 is 2.40 bits per heavy atom. The van der Waals surface area contributed by atoms with Gasteiger partial charge in [-0.1, -0.05) is 6.42 Å². The van der Waals surface area contributed by atoms with Crippen molar-refractivity contribution >= 4 is 22.4 Å². The number of benzene rings is 1. The standard InChI is InChI=1S/C30H31FN6O3/c1-35(29-22(15-33)30(38)36(2)24-11-6-19(14-32)34-28(24)29)20-7-9-21(10-8-20)37(16-18-4-3-5-18)25-13-27-26(12-23(25)31)39-17-40-27/h6,11-13,18,20-21H,3-5,7-10,16-17H2,1-2H3. The normalized spacial score (nSPS) is 20.0. The van der Waals surface area contributed by atoms with Crippen LogP contribution in [0.3, 0.4) is 0 Å². The molecule has 0 bridgehead atoms. The van der Waals surface area contributed by atoms with Gasteiger partial charge in [-0.25, -0.2) is 9.37 Å². The molecule has 9 nitrogen and oxygen atoms in total. The van der Waals surface area contributed by atoms with Crippen molar-refractivity contribution in [1.29, 1.82) is 10.5 Å². The third-order valence-corrected chi connectivity index (χ3v) is 8.88. The third kappa shape index (κ3) is 4.38. The van der Waals surface area contributed by atoms with Crippen molar-refractivity contribution in [2.45, 2.75) is 57.0 Å². The fourth-order valence-corrected chi connectivity index (χ4v) is 6.36. The molecule has 0 N–H and O–H groups in total. The molecule has 0 atom stereocenters. The first kappa shape index (κ1) is 25.9. The van der Waals surface area contributed by atoms with Crippen LogP contribution in [0.1, 0.15) is 56.2 Å². The van der Waals surface area contributed by atoms with Crippen molar-refractivity contribution < 1.29 is 13.9 Å². The van der Waals surface area contributed by atoms with Gasteiger partial charge in [-0.15, -0.1) is 0 Å². The number of rotatable bonds is 6. The number of nitriles is 2. The number of ether oxygens (including phenoxy) is 2. The van der Waals surface area contributed by atoms with Gasteiger partial charge in [0.15, 0.2) is 11.5 Å². The number of aryl methyl sites for hydroxylation is 1. The summed E-state index contributed by atoms with van der Waals surface area (Å²) >= 11 is 0. The molecule has 3 heterocycles. The largest absolute Gasteiger partial charge is 0.454 e. The fraction of sp³-hybridized carbons (Fsp3) is 0.467. The molecule has 40 heavy (non-hydrogen) atoms. The van der Waals surface area contributed by atoms with Crippen LogP contribution in [0, 0.1) is 34.4 Å². The van der Waals surface area contributed by atoms with Crippen LogP contribution in [-0.2, 0) is 7.05 Å². The molecule has 2 aromatic heterocycles. The summed E-state index contributed by atoms with van der Waals surface area (Å²) in [5, 5.41) is 19.4. The summed E-state index contributed by atoms with van der Waals surface area (Å²) in [6, 6.07) is 10.8. The van der Waals surface area contributed by atoms with Crippen LogP contribution in [0.15, 0.2) is 29.1 Å². The average Bonchev–Trinajstić information content (AvgIpc) is 3.40. The van der Waals surface area contributed by atoms with E-state index in [4.69, 9.17) is 9.47 Å². The van der Waals surface area contributed by atoms with Gasteiger partial charge in [0.2, 0.25) is 6.79 Å². The van der Waals surface area contributed by atoms with E-state index in [9.17, 15) is 15.3 Å². The number of aromatic nitrogens is 2. The van der Waals surface area contributed by atoms with Gasteiger partial charge >= 0.3 is 0 Å². The van der Waals surface area contributed by atoms with Gasteiger partial charge in [-0.3, -0.25) is 4.79 Å². The maximum absolute atomic E-state index is 15.3. The number of pyridine rings is 2. The van der Waals surface area contributed by atoms with Crippen molar-refractivity contribution in [3.63, 3.8) is 0 Å². The summed E-state index contributed by atoms with van der Waals surface area (Å²) in [6.07, 6.45) is 6.79. The first-order chi connectivity index (χ1) is 19.4. The van der Waals surface area contributed by atoms with E-state index < -0.39 is 0 Å². The molecule has 0 amide bonds. The second kappa shape index (κ2) is 10.3. The second-order valence-electron chi connectivity index (χ2n) is 11.1. The topological polar surface area (TPSA) is 107 Å². The molecule has 0 spiro atoms. The van der Waals surface area contributed by atoms with Gasteiger partial charge in [0.25, 0.3) is 5.56 Å². The Labute approximate surface area is 231 Å². The second-order valence-corrected chi connectivity index (χ2v) is 11.1. The molecule has 0 unspecified atom stereocenters. The third-order valence-electron chi connectivity index (χ3n) is 8.88. The highest BCUT2D eigenvalue weighted by Gasteiger charge is 2.34. The SMILES string of the molecule is CN(c1c(C#N)c(=O)n(C)c2ccc(C#N)nc12)C1CCC(N(CC2CCC2)c2cc3c(cc2F)OCO3)CC1. The van der Waals surface area contributed by atoms with E-state index in [0.717, 1.165) is 45.1 Å². The van der Waals surface area contributed by atoms with Crippen molar-refractivity contribution in [3.8, 4) is 23.6 Å². The van der Waals surface area contributed by atoms with Crippen LogP contribution in [0.4, 0.5) is 15.8 Å². The Balaban J connectivity index is 1.29. The smallest absolute Gasteiger partial charge is 0.270 e. The zero-order chi connectivity index (χ0) is 28.0. The van der Waals surface area contributed by atoms with Gasteiger partial charge < -0.3 is 23.8 Å². The monoisotopic (exact) mass is 542 g/mol. The molecule has 1 aromatic carbocycles. The number of anilines is 2. The van der Waals surface area contributed by atoms with Gasteiger partial charge in [0, 0.05) is 44.9 Å². The molecule has 2 saturated carbocycles. The molecular weight excluding hydrogens is 511 g/mol. The van der Waals surface area contributed by atoms with Crippen molar-refractivity contribution in [2.24, 2.45) is 13.0 Å². The van der Waals surface area contributed by atoms with E-state index in [0.29, 0.717) is 39.8 Å². The molecule has 10 heteroatoms. The molecule has 3 aromatic rings. The molecule has 3 aliphatic rings. The zero-order valence-corrected chi connectivity index (χ0v) is 22.7. The Bertz CT molecular complexity index is 1610. The number of halogens is 1. The van der Waals surface area contributed by atoms with Gasteiger partial charge in [0.1, 0.15) is 34.7 Å². The summed E-state index contributed by atoms with van der Waals surface area (Å²) in [5.74, 6) is 1.27. The minimum absolute atomic E-state index is 0.0243. The van der Waals surface area contributed by atoms with Crippen LogP contribution in [0.2, 0.25) is 0 Å². The summed E-state index contributed by atoms with van der Waals surface area (Å²) in [5.41, 5.74) is 1.93. The summed E-state index contributed by atoms with van der Waals surface area (Å²) in [4.78, 5) is 21.8. The number of fused-ring (bicyclic) bond motifs is 2. The maximum Gasteiger partial charge on any atom is 0.270 e. The quantitative estimate of drug-likeness (QED) is 0.445. The number of hydrogen-bond donors (Lipinski definition) is 0.